The number of hydrogen-bond donors (Lipinski definition) is 1. The minimum atomic E-state index is 0.944. The van der Waals surface area contributed by atoms with Gasteiger partial charge in [-0.25, -0.2) is 0 Å². The van der Waals surface area contributed by atoms with Crippen molar-refractivity contribution in [3.63, 3.8) is 0 Å². The lowest BCUT2D eigenvalue weighted by molar-refractivity contribution is 0.596. The maximum absolute atomic E-state index is 5.38. The van der Waals surface area contributed by atoms with Crippen LogP contribution in [0.25, 0.3) is 0 Å². The van der Waals surface area contributed by atoms with E-state index in [-0.39, 0.29) is 0 Å². The molecule has 1 N–H and O–H groups in total. The van der Waals surface area contributed by atoms with E-state index < -0.39 is 0 Å². The molecular formula is C17H25N. The molecule has 0 bridgehead atoms. The van der Waals surface area contributed by atoms with Crippen molar-refractivity contribution >= 4 is 5.69 Å². The molecule has 0 atom stereocenters. The third-order valence-electron chi connectivity index (χ3n) is 3.14. The van der Waals surface area contributed by atoms with Crippen molar-refractivity contribution < 1.29 is 0 Å². The molecule has 0 amide bonds. The summed E-state index contributed by atoms with van der Waals surface area (Å²) < 4.78 is 0. The molecule has 0 saturated heterocycles. The monoisotopic (exact) mass is 243 g/mol. The highest BCUT2D eigenvalue weighted by molar-refractivity contribution is 5.49. The number of terminal acetylenes is 1. The fourth-order valence-electron chi connectivity index (χ4n) is 2.03. The summed E-state index contributed by atoms with van der Waals surface area (Å²) in [7, 11) is 0. The first-order valence-electron chi connectivity index (χ1n) is 7.17. The summed E-state index contributed by atoms with van der Waals surface area (Å²) in [6.07, 6.45) is 14.8. The number of unbranched alkanes of at least 4 members (excludes halogenated alkanes) is 6. The zero-order valence-corrected chi connectivity index (χ0v) is 11.5. The van der Waals surface area contributed by atoms with Crippen LogP contribution in [0.4, 0.5) is 5.69 Å². The molecule has 0 spiro atoms. The number of hydrogen-bond acceptors (Lipinski definition) is 1. The smallest absolute Gasteiger partial charge is 0.0352 e. The van der Waals surface area contributed by atoms with Gasteiger partial charge in [0.2, 0.25) is 0 Å². The van der Waals surface area contributed by atoms with Gasteiger partial charge < -0.3 is 5.32 Å². The van der Waals surface area contributed by atoms with Crippen molar-refractivity contribution in [2.45, 2.75) is 51.9 Å². The highest BCUT2D eigenvalue weighted by atomic mass is 14.9. The predicted molar refractivity (Wildman–Crippen MR) is 80.9 cm³/mol. The molecule has 1 heteroatoms. The van der Waals surface area contributed by atoms with E-state index in [1.807, 2.05) is 18.2 Å². The van der Waals surface area contributed by atoms with Crippen LogP contribution < -0.4 is 5.32 Å². The van der Waals surface area contributed by atoms with Crippen LogP contribution in [0.1, 0.15) is 57.4 Å². The van der Waals surface area contributed by atoms with Crippen LogP contribution in [0.15, 0.2) is 24.3 Å². The van der Waals surface area contributed by atoms with Gasteiger partial charge in [0.1, 0.15) is 0 Å². The lowest BCUT2D eigenvalue weighted by Crippen LogP contribution is -2.01. The van der Waals surface area contributed by atoms with E-state index in [2.05, 4.69) is 24.2 Å². The first kappa shape index (κ1) is 14.6. The van der Waals surface area contributed by atoms with E-state index in [1.165, 1.54) is 44.9 Å². The lowest BCUT2D eigenvalue weighted by atomic mass is 10.1. The Bertz CT molecular complexity index is 362. The Morgan fingerprint density at radius 2 is 1.78 bits per heavy atom. The van der Waals surface area contributed by atoms with Gasteiger partial charge in [-0.15, -0.1) is 6.42 Å². The average molecular weight is 243 g/mol. The van der Waals surface area contributed by atoms with E-state index in [0.717, 1.165) is 17.8 Å². The molecule has 0 aliphatic heterocycles. The second-order valence-electron chi connectivity index (χ2n) is 4.77. The second kappa shape index (κ2) is 9.59. The topological polar surface area (TPSA) is 12.0 Å². The lowest BCUT2D eigenvalue weighted by Gasteiger charge is -2.06. The average Bonchev–Trinajstić information content (AvgIpc) is 2.42. The van der Waals surface area contributed by atoms with Crippen molar-refractivity contribution in [1.82, 2.24) is 0 Å². The van der Waals surface area contributed by atoms with Gasteiger partial charge in [-0.3, -0.25) is 0 Å². The molecule has 18 heavy (non-hydrogen) atoms. The standard InChI is InChI=1S/C17H25N/c1-3-5-6-7-8-9-10-14-18-17-13-11-12-16(4-2)15-17/h2,11-13,15,18H,3,5-10,14H2,1H3. The Hall–Kier alpha value is -1.42. The van der Waals surface area contributed by atoms with Crippen molar-refractivity contribution in [1.29, 1.82) is 0 Å². The van der Waals surface area contributed by atoms with Crippen LogP contribution >= 0.6 is 0 Å². The zero-order valence-electron chi connectivity index (χ0n) is 11.5. The quantitative estimate of drug-likeness (QED) is 0.484. The molecule has 0 radical (unpaired) electrons. The number of anilines is 1. The van der Waals surface area contributed by atoms with E-state index in [0.29, 0.717) is 0 Å². The summed E-state index contributed by atoms with van der Waals surface area (Å²) in [5.41, 5.74) is 2.08. The van der Waals surface area contributed by atoms with E-state index >= 15 is 0 Å². The molecule has 0 heterocycles. The summed E-state index contributed by atoms with van der Waals surface area (Å²) in [6.45, 7) is 3.30. The Kier molecular flexibility index (Phi) is 7.80. The molecule has 0 aliphatic rings. The number of nitrogens with one attached hydrogen (secondary N) is 1. The van der Waals surface area contributed by atoms with Crippen LogP contribution in [0, 0.1) is 12.3 Å². The van der Waals surface area contributed by atoms with Gasteiger partial charge in [0.25, 0.3) is 0 Å². The highest BCUT2D eigenvalue weighted by Crippen LogP contribution is 2.11. The third-order valence-corrected chi connectivity index (χ3v) is 3.14. The van der Waals surface area contributed by atoms with Crippen LogP contribution in [0.5, 0.6) is 0 Å². The molecule has 1 nitrogen and oxygen atoms in total. The largest absolute Gasteiger partial charge is 0.385 e. The highest BCUT2D eigenvalue weighted by Gasteiger charge is 1.94. The minimum absolute atomic E-state index is 0.944. The summed E-state index contributed by atoms with van der Waals surface area (Å²) in [5, 5.41) is 3.43. The van der Waals surface area contributed by atoms with Crippen molar-refractivity contribution in [3.8, 4) is 12.3 Å². The van der Waals surface area contributed by atoms with E-state index in [1.54, 1.807) is 0 Å². The summed E-state index contributed by atoms with van der Waals surface area (Å²) in [5.74, 6) is 2.66. The Morgan fingerprint density at radius 3 is 2.50 bits per heavy atom. The van der Waals surface area contributed by atoms with Gasteiger partial charge in [0, 0.05) is 17.8 Å². The normalized spacial score (nSPS) is 10.0. The second-order valence-corrected chi connectivity index (χ2v) is 4.77. The molecule has 1 rings (SSSR count). The summed E-state index contributed by atoms with van der Waals surface area (Å²) in [6, 6.07) is 8.06. The fraction of sp³-hybridized carbons (Fsp3) is 0.529. The van der Waals surface area contributed by atoms with Crippen molar-refractivity contribution in [3.05, 3.63) is 29.8 Å². The van der Waals surface area contributed by atoms with Crippen molar-refractivity contribution in [2.75, 3.05) is 11.9 Å². The summed E-state index contributed by atoms with van der Waals surface area (Å²) >= 11 is 0. The molecule has 1 aromatic carbocycles. The first-order chi connectivity index (χ1) is 8.86. The van der Waals surface area contributed by atoms with Gasteiger partial charge >= 0.3 is 0 Å². The van der Waals surface area contributed by atoms with Gasteiger partial charge in [-0.2, -0.15) is 0 Å². The van der Waals surface area contributed by atoms with Gasteiger partial charge in [0.15, 0.2) is 0 Å². The molecule has 98 valence electrons. The molecular weight excluding hydrogens is 218 g/mol. The van der Waals surface area contributed by atoms with E-state index in [4.69, 9.17) is 6.42 Å². The molecule has 0 saturated carbocycles. The van der Waals surface area contributed by atoms with Crippen molar-refractivity contribution in [2.24, 2.45) is 0 Å². The zero-order chi connectivity index (χ0) is 13.1. The molecule has 0 unspecified atom stereocenters. The Labute approximate surface area is 112 Å². The van der Waals surface area contributed by atoms with Crippen LogP contribution in [-0.4, -0.2) is 6.54 Å². The van der Waals surface area contributed by atoms with Crippen LogP contribution in [0.3, 0.4) is 0 Å². The first-order valence-corrected chi connectivity index (χ1v) is 7.17. The van der Waals surface area contributed by atoms with Gasteiger partial charge in [-0.05, 0) is 24.6 Å². The SMILES string of the molecule is C#Cc1cccc(NCCCCCCCCC)c1. The maximum atomic E-state index is 5.38. The number of rotatable bonds is 9. The molecule has 0 fully saturated rings. The Morgan fingerprint density at radius 1 is 1.06 bits per heavy atom. The van der Waals surface area contributed by atoms with Crippen LogP contribution in [0.2, 0.25) is 0 Å². The molecule has 0 aliphatic carbocycles. The van der Waals surface area contributed by atoms with Gasteiger partial charge in [-0.1, -0.05) is 57.4 Å². The predicted octanol–water partition coefficient (Wildman–Crippen LogP) is 4.83. The van der Waals surface area contributed by atoms with Crippen LogP contribution in [-0.2, 0) is 0 Å². The molecule has 0 aromatic heterocycles. The minimum Gasteiger partial charge on any atom is -0.385 e. The Balaban J connectivity index is 2.05. The molecule has 1 aromatic rings. The fourth-order valence-corrected chi connectivity index (χ4v) is 2.03. The van der Waals surface area contributed by atoms with E-state index in [9.17, 15) is 0 Å². The third kappa shape index (κ3) is 6.35. The maximum Gasteiger partial charge on any atom is 0.0352 e. The summed E-state index contributed by atoms with van der Waals surface area (Å²) in [4.78, 5) is 0. The number of benzene rings is 1. The van der Waals surface area contributed by atoms with Gasteiger partial charge in [0.05, 0.1) is 0 Å².